The summed E-state index contributed by atoms with van der Waals surface area (Å²) in [6.07, 6.45) is 18.4. The van der Waals surface area contributed by atoms with Crippen LogP contribution < -0.4 is 5.48 Å². The van der Waals surface area contributed by atoms with Gasteiger partial charge in [0.2, 0.25) is 0 Å². The van der Waals surface area contributed by atoms with Crippen molar-refractivity contribution in [3.8, 4) is 5.75 Å². The average molecular weight is 558 g/mol. The van der Waals surface area contributed by atoms with Crippen molar-refractivity contribution in [3.63, 3.8) is 0 Å². The molecule has 0 aromatic heterocycles. The molecule has 0 spiro atoms. The lowest BCUT2D eigenvalue weighted by atomic mass is 9.78. The molecule has 0 aliphatic carbocycles. The molecule has 2 atom stereocenters. The molecular formula is C35H59NO4. The van der Waals surface area contributed by atoms with Crippen LogP contribution in [0.15, 0.2) is 18.2 Å². The van der Waals surface area contributed by atoms with Crippen molar-refractivity contribution in [2.45, 2.75) is 168 Å². The van der Waals surface area contributed by atoms with Crippen molar-refractivity contribution >= 4 is 11.7 Å². The second-order valence-corrected chi connectivity index (χ2v) is 13.9. The summed E-state index contributed by atoms with van der Waals surface area (Å²) in [7, 11) is 0. The summed E-state index contributed by atoms with van der Waals surface area (Å²) < 4.78 is 5.71. The number of unbranched alkanes of at least 4 members (excludes halogenated alkanes) is 12. The molecule has 0 saturated heterocycles. The summed E-state index contributed by atoms with van der Waals surface area (Å²) in [6.45, 7) is 16.8. The SMILES string of the molecule is CCCCCCCCCCCCCCCC(=O)OC(C)C1C=C(c2cc(C(C)(C)C)c(O)c(C(C)(C)C)c2)NO1. The van der Waals surface area contributed by atoms with Gasteiger partial charge < -0.3 is 9.84 Å². The number of ether oxygens (including phenoxy) is 1. The van der Waals surface area contributed by atoms with Crippen LogP contribution in [-0.2, 0) is 25.2 Å². The van der Waals surface area contributed by atoms with Crippen LogP contribution in [0.4, 0.5) is 0 Å². The van der Waals surface area contributed by atoms with Gasteiger partial charge in [-0.25, -0.2) is 0 Å². The van der Waals surface area contributed by atoms with E-state index < -0.39 is 0 Å². The van der Waals surface area contributed by atoms with Gasteiger partial charge in [0, 0.05) is 23.1 Å². The van der Waals surface area contributed by atoms with E-state index in [1.54, 1.807) is 0 Å². The maximum absolute atomic E-state index is 12.5. The van der Waals surface area contributed by atoms with Crippen LogP contribution >= 0.6 is 0 Å². The number of rotatable bonds is 17. The van der Waals surface area contributed by atoms with E-state index in [2.05, 4.69) is 53.9 Å². The quantitative estimate of drug-likeness (QED) is 0.147. The van der Waals surface area contributed by atoms with Gasteiger partial charge in [-0.2, -0.15) is 0 Å². The molecule has 0 bridgehead atoms. The molecule has 2 rings (SSSR count). The summed E-state index contributed by atoms with van der Waals surface area (Å²) in [4.78, 5) is 18.3. The number of benzene rings is 1. The van der Waals surface area contributed by atoms with Crippen molar-refractivity contribution in [3.05, 3.63) is 34.9 Å². The second kappa shape index (κ2) is 16.4. The minimum Gasteiger partial charge on any atom is -0.507 e. The zero-order chi connectivity index (χ0) is 29.8. The molecule has 0 amide bonds. The van der Waals surface area contributed by atoms with Crippen LogP contribution in [-0.4, -0.2) is 23.3 Å². The zero-order valence-electron chi connectivity index (χ0n) is 27.0. The number of phenols is 1. The van der Waals surface area contributed by atoms with Crippen molar-refractivity contribution in [2.24, 2.45) is 0 Å². The molecule has 1 aliphatic heterocycles. The number of hydroxylamine groups is 1. The molecule has 1 aliphatic rings. The Balaban J connectivity index is 1.75. The Labute approximate surface area is 245 Å². The average Bonchev–Trinajstić information content (AvgIpc) is 3.36. The standard InChI is InChI=1S/C35H59NO4/c1-9-10-11-12-13-14-15-16-17-18-19-20-21-22-32(37)39-26(2)31-25-30(36-40-31)27-23-28(34(3,4)5)33(38)29(24-27)35(6,7)8/h23-26,31,36,38H,9-22H2,1-8H3. The van der Waals surface area contributed by atoms with Crippen LogP contribution in [0.3, 0.4) is 0 Å². The van der Waals surface area contributed by atoms with Gasteiger partial charge >= 0.3 is 5.97 Å². The van der Waals surface area contributed by atoms with Gasteiger partial charge in [0.05, 0.1) is 5.70 Å². The van der Waals surface area contributed by atoms with Crippen molar-refractivity contribution in [1.29, 1.82) is 0 Å². The Kier molecular flexibility index (Phi) is 14.1. The lowest BCUT2D eigenvalue weighted by Gasteiger charge is -2.28. The van der Waals surface area contributed by atoms with Crippen LogP contribution in [0, 0.1) is 0 Å². The molecule has 1 aromatic carbocycles. The topological polar surface area (TPSA) is 67.8 Å². The highest BCUT2D eigenvalue weighted by molar-refractivity contribution is 5.71. The van der Waals surface area contributed by atoms with Crippen LogP contribution in [0.25, 0.3) is 5.70 Å². The van der Waals surface area contributed by atoms with E-state index in [1.807, 2.05) is 25.1 Å². The molecular weight excluding hydrogens is 498 g/mol. The number of carbonyl (C=O) groups excluding carboxylic acids is 1. The number of phenolic OH excluding ortho intramolecular Hbond substituents is 1. The molecule has 5 nitrogen and oxygen atoms in total. The lowest BCUT2D eigenvalue weighted by molar-refractivity contribution is -0.154. The van der Waals surface area contributed by atoms with Crippen LogP contribution in [0.2, 0.25) is 0 Å². The Morgan fingerprint density at radius 2 is 1.30 bits per heavy atom. The minimum atomic E-state index is -0.388. The molecule has 0 radical (unpaired) electrons. The fraction of sp³-hybridized carbons (Fsp3) is 0.743. The lowest BCUT2D eigenvalue weighted by Crippen LogP contribution is -2.29. The minimum absolute atomic E-state index is 0.157. The van der Waals surface area contributed by atoms with Gasteiger partial charge in [-0.15, -0.1) is 0 Å². The normalized spacial score (nSPS) is 16.5. The maximum atomic E-state index is 12.5. The monoisotopic (exact) mass is 557 g/mol. The van der Waals surface area contributed by atoms with E-state index in [4.69, 9.17) is 9.57 Å². The molecule has 1 heterocycles. The third kappa shape index (κ3) is 11.5. The van der Waals surface area contributed by atoms with Gasteiger partial charge in [0.25, 0.3) is 0 Å². The van der Waals surface area contributed by atoms with Crippen LogP contribution in [0.5, 0.6) is 5.75 Å². The summed E-state index contributed by atoms with van der Waals surface area (Å²) >= 11 is 0. The van der Waals surface area contributed by atoms with E-state index in [1.165, 1.54) is 70.6 Å². The fourth-order valence-electron chi connectivity index (χ4n) is 5.30. The van der Waals surface area contributed by atoms with Gasteiger partial charge in [-0.3, -0.25) is 15.1 Å². The first-order chi connectivity index (χ1) is 18.8. The third-order valence-corrected chi connectivity index (χ3v) is 7.94. The Morgan fingerprint density at radius 3 is 1.75 bits per heavy atom. The predicted molar refractivity (Wildman–Crippen MR) is 167 cm³/mol. The summed E-state index contributed by atoms with van der Waals surface area (Å²) in [5.41, 5.74) is 6.21. The first-order valence-electron chi connectivity index (χ1n) is 16.1. The number of nitrogens with one attached hydrogen (secondary N) is 1. The van der Waals surface area contributed by atoms with Gasteiger partial charge in [0.15, 0.2) is 0 Å². The smallest absolute Gasteiger partial charge is 0.306 e. The molecule has 5 heteroatoms. The van der Waals surface area contributed by atoms with E-state index in [0.29, 0.717) is 12.2 Å². The molecule has 0 saturated carbocycles. The summed E-state index contributed by atoms with van der Waals surface area (Å²) in [5, 5.41) is 11.0. The predicted octanol–water partition coefficient (Wildman–Crippen LogP) is 9.64. The molecule has 0 fully saturated rings. The highest BCUT2D eigenvalue weighted by Gasteiger charge is 2.30. The number of carbonyl (C=O) groups is 1. The van der Waals surface area contributed by atoms with Gasteiger partial charge in [-0.1, -0.05) is 126 Å². The second-order valence-electron chi connectivity index (χ2n) is 13.9. The number of aromatic hydroxyl groups is 1. The van der Waals surface area contributed by atoms with Gasteiger partial charge in [0.1, 0.15) is 18.0 Å². The number of hydrogen-bond donors (Lipinski definition) is 2. The number of hydrogen-bond acceptors (Lipinski definition) is 5. The Hall–Kier alpha value is -2.01. The van der Waals surface area contributed by atoms with Crippen LogP contribution in [0.1, 0.15) is 162 Å². The van der Waals surface area contributed by atoms with E-state index in [-0.39, 0.29) is 29.0 Å². The molecule has 40 heavy (non-hydrogen) atoms. The van der Waals surface area contributed by atoms with E-state index in [9.17, 15) is 9.90 Å². The van der Waals surface area contributed by atoms with E-state index in [0.717, 1.165) is 35.2 Å². The van der Waals surface area contributed by atoms with Crippen molar-refractivity contribution in [1.82, 2.24) is 5.48 Å². The van der Waals surface area contributed by atoms with Gasteiger partial charge in [-0.05, 0) is 42.4 Å². The highest BCUT2D eigenvalue weighted by atomic mass is 16.7. The molecule has 228 valence electrons. The number of esters is 1. The fourth-order valence-corrected chi connectivity index (χ4v) is 5.30. The first-order valence-corrected chi connectivity index (χ1v) is 16.1. The molecule has 1 aromatic rings. The molecule has 2 unspecified atom stereocenters. The third-order valence-electron chi connectivity index (χ3n) is 7.94. The van der Waals surface area contributed by atoms with E-state index >= 15 is 0 Å². The van der Waals surface area contributed by atoms with Crippen molar-refractivity contribution in [2.75, 3.05) is 0 Å². The molecule has 2 N–H and O–H groups in total. The maximum Gasteiger partial charge on any atom is 0.306 e. The Morgan fingerprint density at radius 1 is 0.850 bits per heavy atom. The largest absolute Gasteiger partial charge is 0.507 e. The highest BCUT2D eigenvalue weighted by Crippen LogP contribution is 2.41. The summed E-state index contributed by atoms with van der Waals surface area (Å²) in [6, 6.07) is 4.06. The van der Waals surface area contributed by atoms with Crippen molar-refractivity contribution < 1.29 is 19.5 Å². The Bertz CT molecular complexity index is 903. The first kappa shape index (κ1) is 34.2. The summed E-state index contributed by atoms with van der Waals surface area (Å²) in [5.74, 6) is 0.200. The zero-order valence-corrected chi connectivity index (χ0v) is 27.0.